The van der Waals surface area contributed by atoms with Crippen LogP contribution in [0, 0.1) is 20.8 Å². The van der Waals surface area contributed by atoms with Crippen molar-refractivity contribution in [3.05, 3.63) is 94.3 Å². The van der Waals surface area contributed by atoms with Crippen LogP contribution in [-0.4, -0.2) is 20.7 Å². The second-order valence-corrected chi connectivity index (χ2v) is 7.65. The SMILES string of the molecule is Cc1ccc(-n2nc(C(=O)Nc3cccc(Cl)c3C)nc2-c2cccc(C)c2)cc1. The largest absolute Gasteiger partial charge is 0.319 e. The van der Waals surface area contributed by atoms with Crippen molar-refractivity contribution in [2.45, 2.75) is 20.8 Å². The second-order valence-electron chi connectivity index (χ2n) is 7.24. The highest BCUT2D eigenvalue weighted by molar-refractivity contribution is 6.31. The maximum absolute atomic E-state index is 12.9. The predicted molar refractivity (Wildman–Crippen MR) is 120 cm³/mol. The first-order valence-corrected chi connectivity index (χ1v) is 9.98. The van der Waals surface area contributed by atoms with Crippen LogP contribution < -0.4 is 5.32 Å². The molecule has 0 atom stereocenters. The molecule has 150 valence electrons. The fourth-order valence-corrected chi connectivity index (χ4v) is 3.34. The normalized spacial score (nSPS) is 10.8. The van der Waals surface area contributed by atoms with Crippen molar-refractivity contribution in [3.8, 4) is 17.1 Å². The van der Waals surface area contributed by atoms with Gasteiger partial charge in [0, 0.05) is 16.3 Å². The molecule has 1 heterocycles. The molecule has 30 heavy (non-hydrogen) atoms. The van der Waals surface area contributed by atoms with Crippen molar-refractivity contribution in [2.75, 3.05) is 5.32 Å². The minimum absolute atomic E-state index is 0.0893. The lowest BCUT2D eigenvalue weighted by atomic mass is 10.1. The molecule has 0 unspecified atom stereocenters. The number of carbonyl (C=O) groups excluding carboxylic acids is 1. The number of rotatable bonds is 4. The summed E-state index contributed by atoms with van der Waals surface area (Å²) < 4.78 is 1.70. The predicted octanol–water partition coefficient (Wildman–Crippen LogP) is 5.77. The molecule has 0 fully saturated rings. The summed E-state index contributed by atoms with van der Waals surface area (Å²) in [6.07, 6.45) is 0. The summed E-state index contributed by atoms with van der Waals surface area (Å²) in [7, 11) is 0. The molecular formula is C24H21ClN4O. The first-order chi connectivity index (χ1) is 14.4. The zero-order valence-electron chi connectivity index (χ0n) is 17.0. The highest BCUT2D eigenvalue weighted by Gasteiger charge is 2.20. The van der Waals surface area contributed by atoms with E-state index in [1.54, 1.807) is 22.9 Å². The molecule has 0 aliphatic rings. The van der Waals surface area contributed by atoms with Crippen LogP contribution >= 0.6 is 11.6 Å². The van der Waals surface area contributed by atoms with Gasteiger partial charge in [0.25, 0.3) is 5.91 Å². The van der Waals surface area contributed by atoms with Gasteiger partial charge in [0.05, 0.1) is 5.69 Å². The van der Waals surface area contributed by atoms with Gasteiger partial charge in [-0.25, -0.2) is 9.67 Å². The summed E-state index contributed by atoms with van der Waals surface area (Å²) in [4.78, 5) is 17.5. The Morgan fingerprint density at radius 2 is 1.67 bits per heavy atom. The van der Waals surface area contributed by atoms with Gasteiger partial charge in [0.15, 0.2) is 5.82 Å². The van der Waals surface area contributed by atoms with E-state index in [-0.39, 0.29) is 11.7 Å². The Morgan fingerprint density at radius 1 is 0.933 bits per heavy atom. The van der Waals surface area contributed by atoms with Crippen molar-refractivity contribution < 1.29 is 4.79 Å². The monoisotopic (exact) mass is 416 g/mol. The molecule has 6 heteroatoms. The molecule has 4 aromatic rings. The molecule has 1 aromatic heterocycles. The van der Waals surface area contributed by atoms with E-state index in [1.807, 2.05) is 69.3 Å². The number of hydrogen-bond donors (Lipinski definition) is 1. The Labute approximate surface area is 180 Å². The lowest BCUT2D eigenvalue weighted by Crippen LogP contribution is -2.15. The summed E-state index contributed by atoms with van der Waals surface area (Å²) in [6, 6.07) is 21.3. The number of amides is 1. The summed E-state index contributed by atoms with van der Waals surface area (Å²) >= 11 is 6.17. The topological polar surface area (TPSA) is 59.8 Å². The first-order valence-electron chi connectivity index (χ1n) is 9.60. The van der Waals surface area contributed by atoms with Gasteiger partial charge >= 0.3 is 0 Å². The molecule has 0 bridgehead atoms. The van der Waals surface area contributed by atoms with Crippen LogP contribution in [0.1, 0.15) is 27.3 Å². The highest BCUT2D eigenvalue weighted by atomic mass is 35.5. The van der Waals surface area contributed by atoms with Crippen LogP contribution in [0.3, 0.4) is 0 Å². The number of aryl methyl sites for hydroxylation is 2. The fourth-order valence-electron chi connectivity index (χ4n) is 3.17. The third-order valence-corrected chi connectivity index (χ3v) is 5.29. The number of benzene rings is 3. The Morgan fingerprint density at radius 3 is 2.40 bits per heavy atom. The molecule has 0 spiro atoms. The third kappa shape index (κ3) is 3.98. The van der Waals surface area contributed by atoms with E-state index in [4.69, 9.17) is 11.6 Å². The first kappa shape index (κ1) is 19.9. The molecule has 4 rings (SSSR count). The van der Waals surface area contributed by atoms with Crippen molar-refractivity contribution in [1.29, 1.82) is 0 Å². The van der Waals surface area contributed by atoms with Gasteiger partial charge in [-0.15, -0.1) is 5.10 Å². The van der Waals surface area contributed by atoms with Crippen LogP contribution in [0.2, 0.25) is 5.02 Å². The Bertz CT molecular complexity index is 1230. The number of aromatic nitrogens is 3. The summed E-state index contributed by atoms with van der Waals surface area (Å²) in [6.45, 7) is 5.90. The molecular weight excluding hydrogens is 396 g/mol. The second kappa shape index (κ2) is 8.13. The van der Waals surface area contributed by atoms with Crippen molar-refractivity contribution >= 4 is 23.2 Å². The highest BCUT2D eigenvalue weighted by Crippen LogP contribution is 2.25. The Kier molecular flexibility index (Phi) is 5.38. The summed E-state index contributed by atoms with van der Waals surface area (Å²) in [5.74, 6) is 0.308. The number of halogens is 1. The third-order valence-electron chi connectivity index (χ3n) is 4.88. The quantitative estimate of drug-likeness (QED) is 0.459. The zero-order chi connectivity index (χ0) is 21.3. The number of nitrogens with zero attached hydrogens (tertiary/aromatic N) is 3. The Hall–Kier alpha value is -3.44. The standard InChI is InChI=1S/C24H21ClN4O/c1-15-10-12-19(13-11-15)29-23(18-7-4-6-16(2)14-18)27-22(28-29)24(30)26-21-9-5-8-20(25)17(21)3/h4-14H,1-3H3,(H,26,30). The maximum Gasteiger partial charge on any atom is 0.295 e. The van der Waals surface area contributed by atoms with Crippen molar-refractivity contribution in [1.82, 2.24) is 14.8 Å². The van der Waals surface area contributed by atoms with Crippen LogP contribution in [0.4, 0.5) is 5.69 Å². The van der Waals surface area contributed by atoms with E-state index in [0.29, 0.717) is 16.5 Å². The fraction of sp³-hybridized carbons (Fsp3) is 0.125. The van der Waals surface area contributed by atoms with E-state index in [0.717, 1.165) is 27.9 Å². The summed E-state index contributed by atoms with van der Waals surface area (Å²) in [5, 5.41) is 7.98. The minimum Gasteiger partial charge on any atom is -0.319 e. The van der Waals surface area contributed by atoms with Gasteiger partial charge in [-0.3, -0.25) is 4.79 Å². The van der Waals surface area contributed by atoms with E-state index in [1.165, 1.54) is 0 Å². The van der Waals surface area contributed by atoms with Crippen molar-refractivity contribution in [3.63, 3.8) is 0 Å². The van der Waals surface area contributed by atoms with Crippen LogP contribution in [0.25, 0.3) is 17.1 Å². The molecule has 5 nitrogen and oxygen atoms in total. The Balaban J connectivity index is 1.77. The van der Waals surface area contributed by atoms with Crippen LogP contribution in [-0.2, 0) is 0 Å². The molecule has 0 saturated carbocycles. The van der Waals surface area contributed by atoms with E-state index in [2.05, 4.69) is 15.4 Å². The summed E-state index contributed by atoms with van der Waals surface area (Å²) in [5.41, 5.74) is 5.40. The van der Waals surface area contributed by atoms with E-state index >= 15 is 0 Å². The van der Waals surface area contributed by atoms with Crippen molar-refractivity contribution in [2.24, 2.45) is 0 Å². The molecule has 0 radical (unpaired) electrons. The number of nitrogens with one attached hydrogen (secondary N) is 1. The number of hydrogen-bond acceptors (Lipinski definition) is 3. The molecule has 0 aliphatic heterocycles. The lowest BCUT2D eigenvalue weighted by Gasteiger charge is -2.07. The van der Waals surface area contributed by atoms with Gasteiger partial charge in [0.1, 0.15) is 0 Å². The van der Waals surface area contributed by atoms with Gasteiger partial charge in [-0.1, -0.05) is 59.1 Å². The van der Waals surface area contributed by atoms with Gasteiger partial charge in [0.2, 0.25) is 5.82 Å². The van der Waals surface area contributed by atoms with Crippen LogP contribution in [0.5, 0.6) is 0 Å². The average molecular weight is 417 g/mol. The maximum atomic E-state index is 12.9. The van der Waals surface area contributed by atoms with E-state index in [9.17, 15) is 4.79 Å². The molecule has 0 aliphatic carbocycles. The molecule has 3 aromatic carbocycles. The van der Waals surface area contributed by atoms with Gasteiger partial charge in [-0.2, -0.15) is 0 Å². The van der Waals surface area contributed by atoms with Crippen LogP contribution in [0.15, 0.2) is 66.7 Å². The average Bonchev–Trinajstić information content (AvgIpc) is 3.18. The number of carbonyl (C=O) groups is 1. The minimum atomic E-state index is -0.389. The molecule has 1 N–H and O–H groups in total. The molecule has 1 amide bonds. The lowest BCUT2D eigenvalue weighted by molar-refractivity contribution is 0.101. The van der Waals surface area contributed by atoms with Gasteiger partial charge < -0.3 is 5.32 Å². The number of anilines is 1. The molecule has 0 saturated heterocycles. The zero-order valence-corrected chi connectivity index (χ0v) is 17.7. The van der Waals surface area contributed by atoms with E-state index < -0.39 is 0 Å². The smallest absolute Gasteiger partial charge is 0.295 e. The van der Waals surface area contributed by atoms with Gasteiger partial charge in [-0.05, 0) is 56.7 Å².